The highest BCUT2D eigenvalue weighted by Crippen LogP contribution is 2.71. The molecule has 58 valence electrons. The molecule has 4 aliphatic rings. The van der Waals surface area contributed by atoms with Crippen LogP contribution in [0.5, 0.6) is 0 Å². The highest BCUT2D eigenvalue weighted by atomic mass is 16.1. The zero-order valence-corrected chi connectivity index (χ0v) is 6.49. The third-order valence-electron chi connectivity index (χ3n) is 4.40. The van der Waals surface area contributed by atoms with Gasteiger partial charge in [0, 0.05) is 11.8 Å². The number of ketones is 1. The van der Waals surface area contributed by atoms with Crippen LogP contribution < -0.4 is 0 Å². The summed E-state index contributed by atoms with van der Waals surface area (Å²) in [4.78, 5) is 11.6. The van der Waals surface area contributed by atoms with E-state index < -0.39 is 0 Å². The molecule has 0 amide bonds. The van der Waals surface area contributed by atoms with E-state index in [1.165, 1.54) is 19.3 Å². The van der Waals surface area contributed by atoms with Crippen LogP contribution in [0.4, 0.5) is 0 Å². The lowest BCUT2D eigenvalue weighted by molar-refractivity contribution is -0.121. The molecule has 4 saturated carbocycles. The van der Waals surface area contributed by atoms with Gasteiger partial charge in [0.25, 0.3) is 0 Å². The van der Waals surface area contributed by atoms with Crippen LogP contribution in [0.2, 0.25) is 0 Å². The van der Waals surface area contributed by atoms with E-state index in [0.717, 1.165) is 23.7 Å². The molecule has 0 unspecified atom stereocenters. The molecule has 0 N–H and O–H groups in total. The van der Waals surface area contributed by atoms with Gasteiger partial charge in [-0.2, -0.15) is 0 Å². The Kier molecular flexibility index (Phi) is 0.630. The smallest absolute Gasteiger partial charge is 0.139 e. The van der Waals surface area contributed by atoms with Gasteiger partial charge in [-0.25, -0.2) is 0 Å². The fourth-order valence-corrected chi connectivity index (χ4v) is 3.53. The molecular formula is C10H12O. The molecule has 0 aromatic carbocycles. The van der Waals surface area contributed by atoms with Crippen molar-refractivity contribution in [3.8, 4) is 0 Å². The molecule has 0 radical (unpaired) electrons. The highest BCUT2D eigenvalue weighted by molar-refractivity contribution is 5.89. The monoisotopic (exact) mass is 148 g/mol. The van der Waals surface area contributed by atoms with Crippen molar-refractivity contribution in [1.29, 1.82) is 0 Å². The summed E-state index contributed by atoms with van der Waals surface area (Å²) in [5.74, 6) is 5.56. The maximum Gasteiger partial charge on any atom is 0.139 e. The van der Waals surface area contributed by atoms with E-state index >= 15 is 0 Å². The quantitative estimate of drug-likeness (QED) is 0.508. The highest BCUT2D eigenvalue weighted by Gasteiger charge is 2.68. The number of hydrogen-bond acceptors (Lipinski definition) is 1. The normalized spacial score (nSPS) is 68.9. The van der Waals surface area contributed by atoms with E-state index in [-0.39, 0.29) is 0 Å². The second kappa shape index (κ2) is 1.30. The Balaban J connectivity index is 1.77. The average Bonchev–Trinajstić information content (AvgIpc) is 2.81. The molecule has 0 heterocycles. The summed E-state index contributed by atoms with van der Waals surface area (Å²) in [7, 11) is 0. The van der Waals surface area contributed by atoms with Gasteiger partial charge in [-0.3, -0.25) is 4.79 Å². The molecule has 1 nitrogen and oxygen atoms in total. The first-order chi connectivity index (χ1) is 5.36. The largest absolute Gasteiger partial charge is 0.299 e. The first kappa shape index (κ1) is 5.34. The molecule has 0 aliphatic heterocycles. The van der Waals surface area contributed by atoms with Gasteiger partial charge in [-0.15, -0.1) is 0 Å². The van der Waals surface area contributed by atoms with Crippen molar-refractivity contribution in [2.75, 3.05) is 0 Å². The van der Waals surface area contributed by atoms with Gasteiger partial charge in [0.15, 0.2) is 0 Å². The summed E-state index contributed by atoms with van der Waals surface area (Å²) in [5.41, 5.74) is 0. The number of carbonyl (C=O) groups is 1. The van der Waals surface area contributed by atoms with Crippen molar-refractivity contribution in [3.63, 3.8) is 0 Å². The van der Waals surface area contributed by atoms with E-state index in [1.807, 2.05) is 0 Å². The van der Waals surface area contributed by atoms with Crippen molar-refractivity contribution in [3.05, 3.63) is 0 Å². The average molecular weight is 148 g/mol. The van der Waals surface area contributed by atoms with E-state index in [0.29, 0.717) is 17.6 Å². The third-order valence-corrected chi connectivity index (χ3v) is 4.40. The second-order valence-corrected chi connectivity index (χ2v) is 4.98. The van der Waals surface area contributed by atoms with Crippen LogP contribution >= 0.6 is 0 Å². The van der Waals surface area contributed by atoms with Crippen LogP contribution in [-0.2, 0) is 4.79 Å². The lowest BCUT2D eigenvalue weighted by atomic mass is 10.1. The molecule has 1 heteroatoms. The Morgan fingerprint density at radius 1 is 0.818 bits per heavy atom. The van der Waals surface area contributed by atoms with Crippen LogP contribution in [-0.4, -0.2) is 5.78 Å². The van der Waals surface area contributed by atoms with Crippen molar-refractivity contribution in [2.45, 2.75) is 19.3 Å². The van der Waals surface area contributed by atoms with Gasteiger partial charge in [0.05, 0.1) is 0 Å². The third kappa shape index (κ3) is 0.502. The van der Waals surface area contributed by atoms with Crippen molar-refractivity contribution < 1.29 is 4.79 Å². The Hall–Kier alpha value is -0.330. The fraction of sp³-hybridized carbons (Fsp3) is 0.900. The number of carbonyl (C=O) groups excluding carboxylic acids is 1. The van der Waals surface area contributed by atoms with Gasteiger partial charge >= 0.3 is 0 Å². The minimum atomic E-state index is 0.558. The first-order valence-electron chi connectivity index (χ1n) is 4.90. The topological polar surface area (TPSA) is 17.1 Å². The van der Waals surface area contributed by atoms with Gasteiger partial charge in [-0.1, -0.05) is 0 Å². The number of rotatable bonds is 0. The summed E-state index contributed by atoms with van der Waals surface area (Å²) < 4.78 is 0. The van der Waals surface area contributed by atoms with Gasteiger partial charge in [0.2, 0.25) is 0 Å². The van der Waals surface area contributed by atoms with Crippen LogP contribution in [0, 0.1) is 35.5 Å². The predicted molar refractivity (Wildman–Crippen MR) is 39.8 cm³/mol. The summed E-state index contributed by atoms with van der Waals surface area (Å²) in [5, 5.41) is 0. The molecule has 4 rings (SSSR count). The molecule has 11 heavy (non-hydrogen) atoms. The summed E-state index contributed by atoms with van der Waals surface area (Å²) in [6, 6.07) is 0. The molecule has 4 aliphatic carbocycles. The van der Waals surface area contributed by atoms with Crippen molar-refractivity contribution >= 4 is 5.78 Å². The standard InChI is InChI=1S/C10H12O/c11-10-8-2-6(8)4-1-5(4)7-3-9(7)10/h4-9H,1-3H2/t4-,5+,6-,7+,8-,9-/m0/s1. The molecule has 6 atom stereocenters. The van der Waals surface area contributed by atoms with E-state index in [2.05, 4.69) is 0 Å². The zero-order chi connectivity index (χ0) is 7.16. The van der Waals surface area contributed by atoms with Crippen LogP contribution in [0.1, 0.15) is 19.3 Å². The molecular weight excluding hydrogens is 136 g/mol. The van der Waals surface area contributed by atoms with Crippen molar-refractivity contribution in [2.24, 2.45) is 35.5 Å². The Labute approximate surface area is 66.2 Å². The van der Waals surface area contributed by atoms with Crippen LogP contribution in [0.15, 0.2) is 0 Å². The van der Waals surface area contributed by atoms with E-state index in [1.54, 1.807) is 0 Å². The van der Waals surface area contributed by atoms with Gasteiger partial charge in [0.1, 0.15) is 5.78 Å². The maximum absolute atomic E-state index is 11.6. The lowest BCUT2D eigenvalue weighted by Gasteiger charge is -1.92. The molecule has 4 fully saturated rings. The Bertz CT molecular complexity index is 234. The molecule has 0 bridgehead atoms. The SMILES string of the molecule is O=C1[C@H]2C[C@@H]2[C@@H]2C[C@@H]2[C@@H]2C[C@H]12. The van der Waals surface area contributed by atoms with E-state index in [4.69, 9.17) is 0 Å². The summed E-state index contributed by atoms with van der Waals surface area (Å²) >= 11 is 0. The maximum atomic E-state index is 11.6. The molecule has 0 aromatic heterocycles. The lowest BCUT2D eigenvalue weighted by Crippen LogP contribution is -2.05. The minimum absolute atomic E-state index is 0.558. The fourth-order valence-electron chi connectivity index (χ4n) is 3.53. The minimum Gasteiger partial charge on any atom is -0.299 e. The number of hydrogen-bond donors (Lipinski definition) is 0. The zero-order valence-electron chi connectivity index (χ0n) is 6.49. The van der Waals surface area contributed by atoms with Crippen LogP contribution in [0.3, 0.4) is 0 Å². The van der Waals surface area contributed by atoms with E-state index in [9.17, 15) is 4.79 Å². The second-order valence-electron chi connectivity index (χ2n) is 4.98. The first-order valence-corrected chi connectivity index (χ1v) is 4.90. The molecule has 0 saturated heterocycles. The predicted octanol–water partition coefficient (Wildman–Crippen LogP) is 1.48. The van der Waals surface area contributed by atoms with Gasteiger partial charge in [-0.05, 0) is 42.9 Å². The number of fused-ring (bicyclic) bond motifs is 5. The summed E-state index contributed by atoms with van der Waals surface area (Å²) in [6.07, 6.45) is 4.02. The van der Waals surface area contributed by atoms with Crippen molar-refractivity contribution in [1.82, 2.24) is 0 Å². The van der Waals surface area contributed by atoms with Crippen LogP contribution in [0.25, 0.3) is 0 Å². The Morgan fingerprint density at radius 3 is 1.91 bits per heavy atom. The number of Topliss-reactive ketones (excluding diaryl/α,β-unsaturated/α-hetero) is 1. The molecule has 0 aromatic rings. The summed E-state index contributed by atoms with van der Waals surface area (Å²) in [6.45, 7) is 0. The molecule has 0 spiro atoms. The Morgan fingerprint density at radius 2 is 1.36 bits per heavy atom. The van der Waals surface area contributed by atoms with Gasteiger partial charge < -0.3 is 0 Å².